The first-order chi connectivity index (χ1) is 16.7. The van der Waals surface area contributed by atoms with E-state index in [9.17, 15) is 0 Å². The number of hydrogen-bond acceptors (Lipinski definition) is 5. The van der Waals surface area contributed by atoms with Crippen LogP contribution < -0.4 is 20.4 Å². The largest absolute Gasteiger partial charge is 0.356 e. The van der Waals surface area contributed by atoms with Crippen LogP contribution in [0.15, 0.2) is 60.7 Å². The summed E-state index contributed by atoms with van der Waals surface area (Å²) in [4.78, 5) is 14.5. The summed E-state index contributed by atoms with van der Waals surface area (Å²) in [6.07, 6.45) is 4.71. The molecule has 6 nitrogen and oxygen atoms in total. The number of nitrogens with zero attached hydrogens (tertiary/aromatic N) is 4. The quantitative estimate of drug-likeness (QED) is 0.503. The number of rotatable bonds is 5. The Morgan fingerprint density at radius 3 is 2.29 bits per heavy atom. The standard InChI is InChI=1S/C27H32N6S/c1-20(21-10-4-2-5-11-21)28-27(34)31-26-29-24(32-15-8-3-9-16-32)18-25(30-26)33-17-14-22-12-6-7-13-23(22)19-33/h2,4-7,10-13,18,20H,3,8-9,14-17,19H2,1H3,(H2,28,29,30,31,34)/t20-/m1/s1. The zero-order chi connectivity index (χ0) is 23.3. The summed E-state index contributed by atoms with van der Waals surface area (Å²) in [6.45, 7) is 5.98. The highest BCUT2D eigenvalue weighted by Gasteiger charge is 2.21. The van der Waals surface area contributed by atoms with E-state index in [-0.39, 0.29) is 6.04 Å². The number of fused-ring (bicyclic) bond motifs is 1. The van der Waals surface area contributed by atoms with Crippen molar-refractivity contribution >= 4 is 34.9 Å². The summed E-state index contributed by atoms with van der Waals surface area (Å²) in [6, 6.07) is 21.2. The molecule has 176 valence electrons. The third kappa shape index (κ3) is 5.30. The molecule has 2 N–H and O–H groups in total. The van der Waals surface area contributed by atoms with Gasteiger partial charge in [0.25, 0.3) is 0 Å². The van der Waals surface area contributed by atoms with E-state index in [0.717, 1.165) is 44.2 Å². The second kappa shape index (κ2) is 10.4. The van der Waals surface area contributed by atoms with E-state index in [1.54, 1.807) is 0 Å². The van der Waals surface area contributed by atoms with E-state index in [2.05, 4.69) is 69.8 Å². The highest BCUT2D eigenvalue weighted by molar-refractivity contribution is 7.80. The van der Waals surface area contributed by atoms with Crippen LogP contribution in [0.5, 0.6) is 0 Å². The Kier molecular flexibility index (Phi) is 6.90. The third-order valence-electron chi connectivity index (χ3n) is 6.71. The Balaban J connectivity index is 1.37. The van der Waals surface area contributed by atoms with Gasteiger partial charge in [-0.2, -0.15) is 9.97 Å². The molecule has 2 aliphatic heterocycles. The fourth-order valence-corrected chi connectivity index (χ4v) is 5.04. The number of thiocarbonyl (C=S) groups is 1. The van der Waals surface area contributed by atoms with Crippen molar-refractivity contribution in [3.8, 4) is 0 Å². The lowest BCUT2D eigenvalue weighted by molar-refractivity contribution is 0.573. The minimum atomic E-state index is 0.0875. The summed E-state index contributed by atoms with van der Waals surface area (Å²) < 4.78 is 0. The number of hydrogen-bond donors (Lipinski definition) is 2. The van der Waals surface area contributed by atoms with Crippen LogP contribution in [0.25, 0.3) is 0 Å². The van der Waals surface area contributed by atoms with Crippen LogP contribution in [0.3, 0.4) is 0 Å². The molecule has 0 bridgehead atoms. The van der Waals surface area contributed by atoms with Crippen LogP contribution in [0.2, 0.25) is 0 Å². The van der Waals surface area contributed by atoms with Gasteiger partial charge in [-0.05, 0) is 61.5 Å². The van der Waals surface area contributed by atoms with Gasteiger partial charge in [-0.3, -0.25) is 0 Å². The monoisotopic (exact) mass is 472 g/mol. The minimum absolute atomic E-state index is 0.0875. The van der Waals surface area contributed by atoms with Crippen molar-refractivity contribution < 1.29 is 0 Å². The van der Waals surface area contributed by atoms with Crippen LogP contribution in [0.4, 0.5) is 17.6 Å². The molecule has 0 amide bonds. The molecular formula is C27H32N6S. The minimum Gasteiger partial charge on any atom is -0.356 e. The van der Waals surface area contributed by atoms with Gasteiger partial charge in [0.15, 0.2) is 5.11 Å². The molecule has 1 fully saturated rings. The van der Waals surface area contributed by atoms with Gasteiger partial charge in [0.2, 0.25) is 5.95 Å². The molecule has 34 heavy (non-hydrogen) atoms. The predicted octanol–water partition coefficient (Wildman–Crippen LogP) is 5.08. The van der Waals surface area contributed by atoms with Gasteiger partial charge in [0, 0.05) is 32.2 Å². The number of piperidine rings is 1. The van der Waals surface area contributed by atoms with Gasteiger partial charge in [0.1, 0.15) is 11.6 Å². The van der Waals surface area contributed by atoms with Crippen molar-refractivity contribution in [2.24, 2.45) is 0 Å². The normalized spacial score (nSPS) is 16.5. The van der Waals surface area contributed by atoms with Gasteiger partial charge in [0.05, 0.1) is 6.04 Å². The first-order valence-corrected chi connectivity index (χ1v) is 12.6. The lowest BCUT2D eigenvalue weighted by Gasteiger charge is -2.32. The van der Waals surface area contributed by atoms with Crippen molar-refractivity contribution in [2.45, 2.75) is 45.2 Å². The Bertz CT molecular complexity index is 1130. The first-order valence-electron chi connectivity index (χ1n) is 12.2. The number of anilines is 3. The molecule has 0 saturated carbocycles. The second-order valence-corrected chi connectivity index (χ2v) is 9.54. The van der Waals surface area contributed by atoms with E-state index < -0.39 is 0 Å². The molecule has 2 aliphatic rings. The number of aromatic nitrogens is 2. The highest BCUT2D eigenvalue weighted by atomic mass is 32.1. The topological polar surface area (TPSA) is 56.3 Å². The van der Waals surface area contributed by atoms with Crippen molar-refractivity contribution in [3.63, 3.8) is 0 Å². The van der Waals surface area contributed by atoms with Crippen molar-refractivity contribution in [1.29, 1.82) is 0 Å². The highest BCUT2D eigenvalue weighted by Crippen LogP contribution is 2.28. The Morgan fingerprint density at radius 2 is 1.53 bits per heavy atom. The molecule has 0 unspecified atom stereocenters. The number of nitrogens with one attached hydrogen (secondary N) is 2. The maximum absolute atomic E-state index is 5.63. The Hall–Kier alpha value is -3.19. The molecule has 0 radical (unpaired) electrons. The van der Waals surface area contributed by atoms with Gasteiger partial charge in [-0.1, -0.05) is 54.6 Å². The summed E-state index contributed by atoms with van der Waals surface area (Å²) in [5, 5.41) is 7.16. The molecule has 2 aromatic carbocycles. The van der Waals surface area contributed by atoms with Gasteiger partial charge < -0.3 is 20.4 Å². The SMILES string of the molecule is C[C@@H](NC(=S)Nc1nc(N2CCCCC2)cc(N2CCc3ccccc3C2)n1)c1ccccc1. The molecule has 1 aromatic heterocycles. The molecule has 1 atom stereocenters. The Morgan fingerprint density at radius 1 is 0.853 bits per heavy atom. The fourth-order valence-electron chi connectivity index (χ4n) is 4.78. The van der Waals surface area contributed by atoms with Gasteiger partial charge in [-0.25, -0.2) is 0 Å². The molecule has 0 aliphatic carbocycles. The van der Waals surface area contributed by atoms with Crippen LogP contribution in [0, 0.1) is 0 Å². The molecule has 1 saturated heterocycles. The van der Waals surface area contributed by atoms with Crippen molar-refractivity contribution in [1.82, 2.24) is 15.3 Å². The van der Waals surface area contributed by atoms with Crippen molar-refractivity contribution in [2.75, 3.05) is 34.8 Å². The molecule has 3 heterocycles. The third-order valence-corrected chi connectivity index (χ3v) is 6.93. The van der Waals surface area contributed by atoms with E-state index >= 15 is 0 Å². The van der Waals surface area contributed by atoms with Gasteiger partial charge in [-0.15, -0.1) is 0 Å². The van der Waals surface area contributed by atoms with Crippen LogP contribution in [-0.2, 0) is 13.0 Å². The first kappa shape index (κ1) is 22.6. The fraction of sp³-hybridized carbons (Fsp3) is 0.370. The predicted molar refractivity (Wildman–Crippen MR) is 144 cm³/mol. The van der Waals surface area contributed by atoms with E-state index in [1.165, 1.54) is 36.0 Å². The van der Waals surface area contributed by atoms with Crippen LogP contribution in [-0.4, -0.2) is 34.7 Å². The summed E-state index contributed by atoms with van der Waals surface area (Å²) in [5.74, 6) is 2.48. The zero-order valence-corrected chi connectivity index (χ0v) is 20.5. The average Bonchev–Trinajstić information content (AvgIpc) is 2.89. The van der Waals surface area contributed by atoms with E-state index in [1.807, 2.05) is 18.2 Å². The summed E-state index contributed by atoms with van der Waals surface area (Å²) >= 11 is 5.63. The smallest absolute Gasteiger partial charge is 0.232 e. The zero-order valence-electron chi connectivity index (χ0n) is 19.7. The molecular weight excluding hydrogens is 440 g/mol. The van der Waals surface area contributed by atoms with Gasteiger partial charge >= 0.3 is 0 Å². The molecule has 0 spiro atoms. The second-order valence-electron chi connectivity index (χ2n) is 9.13. The van der Waals surface area contributed by atoms with Crippen molar-refractivity contribution in [3.05, 3.63) is 77.4 Å². The van der Waals surface area contributed by atoms with E-state index in [0.29, 0.717) is 11.1 Å². The lowest BCUT2D eigenvalue weighted by atomic mass is 10.00. The lowest BCUT2D eigenvalue weighted by Crippen LogP contribution is -2.35. The van der Waals surface area contributed by atoms with E-state index in [4.69, 9.17) is 22.2 Å². The molecule has 7 heteroatoms. The maximum atomic E-state index is 5.63. The van der Waals surface area contributed by atoms with Crippen LogP contribution in [0.1, 0.15) is 48.9 Å². The summed E-state index contributed by atoms with van der Waals surface area (Å²) in [7, 11) is 0. The Labute approximate surface area is 207 Å². The average molecular weight is 473 g/mol. The number of benzene rings is 2. The van der Waals surface area contributed by atoms with Crippen LogP contribution >= 0.6 is 12.2 Å². The summed E-state index contributed by atoms with van der Waals surface area (Å²) in [5.41, 5.74) is 3.99. The molecule has 5 rings (SSSR count). The maximum Gasteiger partial charge on any atom is 0.232 e. The molecule has 3 aromatic rings.